The maximum absolute atomic E-state index is 12.3. The Bertz CT molecular complexity index is 635. The van der Waals surface area contributed by atoms with E-state index >= 15 is 0 Å². The molecule has 20 heavy (non-hydrogen) atoms. The smallest absolute Gasteiger partial charge is 0.159 e. The molecule has 3 rings (SSSR count). The molecule has 2 unspecified atom stereocenters. The van der Waals surface area contributed by atoms with Crippen LogP contribution in [0.15, 0.2) is 24.3 Å². The lowest BCUT2D eigenvalue weighted by atomic mass is 10.00. The highest BCUT2D eigenvalue weighted by Crippen LogP contribution is 2.29. The number of nitriles is 1. The molecule has 0 aliphatic carbocycles. The Labute approximate surface area is 121 Å². The third-order valence-corrected chi connectivity index (χ3v) is 4.56. The molecule has 1 fully saturated rings. The largest absolute Gasteiger partial charge is 0.378 e. The molecule has 0 spiro atoms. The quantitative estimate of drug-likeness (QED) is 0.866. The molecule has 1 aliphatic rings. The van der Waals surface area contributed by atoms with E-state index in [4.69, 9.17) is 4.74 Å². The summed E-state index contributed by atoms with van der Waals surface area (Å²) in [6, 6.07) is 9.78. The summed E-state index contributed by atoms with van der Waals surface area (Å²) < 4.78 is 6.47. The highest BCUT2D eigenvalue weighted by molar-refractivity contribution is 7.18. The number of nitrogens with zero attached hydrogens (tertiary/aromatic N) is 2. The number of fused-ring (bicyclic) bond motifs is 1. The van der Waals surface area contributed by atoms with E-state index in [0.29, 0.717) is 11.4 Å². The van der Waals surface area contributed by atoms with Crippen LogP contribution in [0.3, 0.4) is 0 Å². The van der Waals surface area contributed by atoms with Crippen LogP contribution in [0.5, 0.6) is 0 Å². The zero-order chi connectivity index (χ0) is 13.9. The van der Waals surface area contributed by atoms with E-state index in [2.05, 4.69) is 11.1 Å². The number of carbonyl (C=O) groups excluding carboxylic acids is 1. The van der Waals surface area contributed by atoms with Crippen molar-refractivity contribution >= 4 is 27.3 Å². The topological polar surface area (TPSA) is 63.0 Å². The van der Waals surface area contributed by atoms with E-state index in [0.717, 1.165) is 29.7 Å². The van der Waals surface area contributed by atoms with Gasteiger partial charge in [-0.2, -0.15) is 5.26 Å². The zero-order valence-electron chi connectivity index (χ0n) is 10.9. The SMILES string of the molecule is N#CC(C(=O)CC1CCCO1)c1nc2ccccc2s1. The average Bonchev–Trinajstić information content (AvgIpc) is 3.08. The Morgan fingerprint density at radius 2 is 2.40 bits per heavy atom. The zero-order valence-corrected chi connectivity index (χ0v) is 11.7. The number of ketones is 1. The third-order valence-electron chi connectivity index (χ3n) is 3.46. The first-order chi connectivity index (χ1) is 9.78. The molecular formula is C15H14N2O2S. The first kappa shape index (κ1) is 13.2. The summed E-state index contributed by atoms with van der Waals surface area (Å²) >= 11 is 1.42. The number of aromatic nitrogens is 1. The average molecular weight is 286 g/mol. The summed E-state index contributed by atoms with van der Waals surface area (Å²) in [4.78, 5) is 16.7. The number of rotatable bonds is 4. The number of thiazole rings is 1. The lowest BCUT2D eigenvalue weighted by Gasteiger charge is -2.10. The van der Waals surface area contributed by atoms with Crippen LogP contribution >= 0.6 is 11.3 Å². The Hall–Kier alpha value is -1.77. The van der Waals surface area contributed by atoms with E-state index in [-0.39, 0.29) is 11.9 Å². The van der Waals surface area contributed by atoms with Crippen LogP contribution in [-0.4, -0.2) is 23.5 Å². The molecule has 1 aliphatic heterocycles. The molecule has 0 saturated carbocycles. The second-order valence-corrected chi connectivity index (χ2v) is 5.95. The highest BCUT2D eigenvalue weighted by atomic mass is 32.1. The van der Waals surface area contributed by atoms with Gasteiger partial charge in [-0.1, -0.05) is 12.1 Å². The number of hydrogen-bond acceptors (Lipinski definition) is 5. The predicted molar refractivity (Wildman–Crippen MR) is 76.6 cm³/mol. The molecule has 5 heteroatoms. The fraction of sp³-hybridized carbons (Fsp3) is 0.400. The fourth-order valence-corrected chi connectivity index (χ4v) is 3.46. The lowest BCUT2D eigenvalue weighted by molar-refractivity contribution is -0.121. The number of hydrogen-bond donors (Lipinski definition) is 0. The second-order valence-electron chi connectivity index (χ2n) is 4.89. The Kier molecular flexibility index (Phi) is 3.77. The Morgan fingerprint density at radius 1 is 1.55 bits per heavy atom. The Balaban J connectivity index is 1.81. The molecule has 102 valence electrons. The summed E-state index contributed by atoms with van der Waals surface area (Å²) in [6.07, 6.45) is 2.20. The number of ether oxygens (including phenoxy) is 1. The standard InChI is InChI=1S/C15H14N2O2S/c16-9-11(13(18)8-10-4-3-7-19-10)15-17-12-5-1-2-6-14(12)20-15/h1-2,5-6,10-11H,3-4,7-8H2. The monoisotopic (exact) mass is 286 g/mol. The normalized spacial score (nSPS) is 19.9. The molecular weight excluding hydrogens is 272 g/mol. The van der Waals surface area contributed by atoms with Crippen molar-refractivity contribution in [2.24, 2.45) is 0 Å². The summed E-state index contributed by atoms with van der Waals surface area (Å²) in [6.45, 7) is 0.719. The second kappa shape index (κ2) is 5.70. The van der Waals surface area contributed by atoms with Gasteiger partial charge >= 0.3 is 0 Å². The van der Waals surface area contributed by atoms with Gasteiger partial charge in [0.05, 0.1) is 22.4 Å². The predicted octanol–water partition coefficient (Wildman–Crippen LogP) is 3.04. The summed E-state index contributed by atoms with van der Waals surface area (Å²) in [5.41, 5.74) is 0.845. The van der Waals surface area contributed by atoms with Crippen molar-refractivity contribution in [3.05, 3.63) is 29.3 Å². The van der Waals surface area contributed by atoms with E-state index in [1.54, 1.807) is 0 Å². The molecule has 2 aromatic rings. The van der Waals surface area contributed by atoms with E-state index in [9.17, 15) is 10.1 Å². The van der Waals surface area contributed by atoms with Gasteiger partial charge in [-0.3, -0.25) is 4.79 Å². The fourth-order valence-electron chi connectivity index (χ4n) is 2.43. The molecule has 2 atom stereocenters. The van der Waals surface area contributed by atoms with Crippen LogP contribution in [0.1, 0.15) is 30.2 Å². The molecule has 0 N–H and O–H groups in total. The Morgan fingerprint density at radius 3 is 3.10 bits per heavy atom. The van der Waals surface area contributed by atoms with Crippen LogP contribution in [0.4, 0.5) is 0 Å². The summed E-state index contributed by atoms with van der Waals surface area (Å²) in [5.74, 6) is -0.852. The van der Waals surface area contributed by atoms with Gasteiger partial charge in [-0.05, 0) is 25.0 Å². The van der Waals surface area contributed by atoms with Gasteiger partial charge in [0, 0.05) is 13.0 Å². The van der Waals surface area contributed by atoms with Gasteiger partial charge in [0.15, 0.2) is 11.7 Å². The van der Waals surface area contributed by atoms with Gasteiger partial charge in [-0.25, -0.2) is 4.98 Å². The number of para-hydroxylation sites is 1. The number of carbonyl (C=O) groups is 1. The molecule has 0 bridgehead atoms. The minimum atomic E-state index is -0.767. The summed E-state index contributed by atoms with van der Waals surface area (Å²) in [5, 5.41) is 9.90. The van der Waals surface area contributed by atoms with Crippen molar-refractivity contribution in [3.8, 4) is 6.07 Å². The first-order valence-corrected chi connectivity index (χ1v) is 7.49. The molecule has 1 aromatic carbocycles. The van der Waals surface area contributed by atoms with Crippen molar-refractivity contribution in [3.63, 3.8) is 0 Å². The van der Waals surface area contributed by atoms with Crippen molar-refractivity contribution in [1.82, 2.24) is 4.98 Å². The van der Waals surface area contributed by atoms with Crippen LogP contribution < -0.4 is 0 Å². The third kappa shape index (κ3) is 2.58. The minimum Gasteiger partial charge on any atom is -0.378 e. The molecule has 0 amide bonds. The first-order valence-electron chi connectivity index (χ1n) is 6.67. The maximum Gasteiger partial charge on any atom is 0.159 e. The van der Waals surface area contributed by atoms with Crippen molar-refractivity contribution in [2.75, 3.05) is 6.61 Å². The van der Waals surface area contributed by atoms with Crippen LogP contribution in [0, 0.1) is 11.3 Å². The molecule has 1 aromatic heterocycles. The van der Waals surface area contributed by atoms with Gasteiger partial charge in [0.25, 0.3) is 0 Å². The van der Waals surface area contributed by atoms with E-state index in [1.807, 2.05) is 24.3 Å². The van der Waals surface area contributed by atoms with Gasteiger partial charge in [-0.15, -0.1) is 11.3 Å². The molecule has 1 saturated heterocycles. The van der Waals surface area contributed by atoms with Crippen LogP contribution in [-0.2, 0) is 9.53 Å². The van der Waals surface area contributed by atoms with Gasteiger partial charge in [0.2, 0.25) is 0 Å². The molecule has 0 radical (unpaired) electrons. The van der Waals surface area contributed by atoms with Crippen LogP contribution in [0.25, 0.3) is 10.2 Å². The summed E-state index contributed by atoms with van der Waals surface area (Å²) in [7, 11) is 0. The number of Topliss-reactive ketones (excluding diaryl/α,β-unsaturated/α-hetero) is 1. The van der Waals surface area contributed by atoms with E-state index < -0.39 is 5.92 Å². The molecule has 2 heterocycles. The maximum atomic E-state index is 12.3. The van der Waals surface area contributed by atoms with Gasteiger partial charge in [0.1, 0.15) is 5.01 Å². The van der Waals surface area contributed by atoms with Crippen molar-refractivity contribution in [2.45, 2.75) is 31.3 Å². The highest BCUT2D eigenvalue weighted by Gasteiger charge is 2.28. The van der Waals surface area contributed by atoms with Crippen molar-refractivity contribution in [1.29, 1.82) is 5.26 Å². The van der Waals surface area contributed by atoms with Crippen molar-refractivity contribution < 1.29 is 9.53 Å². The van der Waals surface area contributed by atoms with Crippen LogP contribution in [0.2, 0.25) is 0 Å². The van der Waals surface area contributed by atoms with Gasteiger partial charge < -0.3 is 4.74 Å². The molecule has 4 nitrogen and oxygen atoms in total. The lowest BCUT2D eigenvalue weighted by Crippen LogP contribution is -2.18. The number of benzene rings is 1. The van der Waals surface area contributed by atoms with E-state index in [1.165, 1.54) is 11.3 Å². The minimum absolute atomic E-state index is 0.0206.